The van der Waals surface area contributed by atoms with Gasteiger partial charge in [-0.3, -0.25) is 0 Å². The van der Waals surface area contributed by atoms with E-state index in [9.17, 15) is 0 Å². The van der Waals surface area contributed by atoms with Crippen LogP contribution in [0.15, 0.2) is 249 Å². The third-order valence-corrected chi connectivity index (χ3v) is 12.4. The van der Waals surface area contributed by atoms with Crippen LogP contribution in [0.1, 0.15) is 0 Å². The molecule has 64 heavy (non-hydrogen) atoms. The monoisotopic (exact) mass is 819 g/mol. The van der Waals surface area contributed by atoms with Crippen molar-refractivity contribution in [2.45, 2.75) is 0 Å². The minimum atomic E-state index is 0.824. The molecule has 302 valence electrons. The average Bonchev–Trinajstić information content (AvgIpc) is 3.71. The predicted octanol–water partition coefficient (Wildman–Crippen LogP) is 16.8. The van der Waals surface area contributed by atoms with Crippen LogP contribution in [0.5, 0.6) is 11.5 Å². The van der Waals surface area contributed by atoms with Crippen LogP contribution >= 0.6 is 0 Å². The predicted molar refractivity (Wildman–Crippen MR) is 267 cm³/mol. The van der Waals surface area contributed by atoms with Gasteiger partial charge in [-0.2, -0.15) is 0 Å². The number of hydrogen-bond donors (Lipinski definition) is 0. The Labute approximate surface area is 372 Å². The fraction of sp³-hybridized carbons (Fsp3) is 0. The van der Waals surface area contributed by atoms with E-state index in [0.717, 1.165) is 62.4 Å². The Morgan fingerprint density at radius 1 is 0.297 bits per heavy atom. The van der Waals surface area contributed by atoms with Gasteiger partial charge in [0.2, 0.25) is 0 Å². The first-order valence-corrected chi connectivity index (χ1v) is 21.7. The Morgan fingerprint density at radius 3 is 1.41 bits per heavy atom. The lowest BCUT2D eigenvalue weighted by Gasteiger charge is -2.33. The van der Waals surface area contributed by atoms with Gasteiger partial charge in [0.05, 0.1) is 22.4 Å². The van der Waals surface area contributed by atoms with Gasteiger partial charge >= 0.3 is 0 Å². The zero-order chi connectivity index (χ0) is 42.4. The molecular weight excluding hydrogens is 779 g/mol. The summed E-state index contributed by atoms with van der Waals surface area (Å²) in [6.07, 6.45) is 0. The molecule has 0 N–H and O–H groups in total. The van der Waals surface area contributed by atoms with Gasteiger partial charge in [-0.15, -0.1) is 0 Å². The first-order chi connectivity index (χ1) is 31.7. The van der Waals surface area contributed by atoms with Crippen LogP contribution in [0, 0.1) is 0 Å². The topological polar surface area (TPSA) is 20.6 Å². The summed E-state index contributed by atoms with van der Waals surface area (Å²) in [6, 6.07) is 88.6. The molecule has 0 amide bonds. The molecule has 0 aliphatic carbocycles. The Balaban J connectivity index is 0.898. The molecule has 0 spiro atoms. The number of nitrogens with zero attached hydrogens (tertiary/aromatic N) is 3. The van der Waals surface area contributed by atoms with Gasteiger partial charge < -0.3 is 19.1 Å². The fourth-order valence-electron chi connectivity index (χ4n) is 9.29. The first-order valence-electron chi connectivity index (χ1n) is 21.7. The maximum atomic E-state index is 6.56. The van der Waals surface area contributed by atoms with Crippen molar-refractivity contribution in [1.29, 1.82) is 0 Å². The Morgan fingerprint density at radius 2 is 0.750 bits per heavy atom. The summed E-state index contributed by atoms with van der Waals surface area (Å²) in [7, 11) is 0. The molecule has 1 aliphatic heterocycles. The summed E-state index contributed by atoms with van der Waals surface area (Å²) in [5, 5.41) is 2.49. The number of fused-ring (bicyclic) bond motifs is 5. The van der Waals surface area contributed by atoms with E-state index in [1.165, 1.54) is 44.1 Å². The highest BCUT2D eigenvalue weighted by atomic mass is 16.5. The van der Waals surface area contributed by atoms with Crippen LogP contribution in [-0.2, 0) is 0 Å². The third kappa shape index (κ3) is 6.57. The van der Waals surface area contributed by atoms with Crippen LogP contribution < -0.4 is 14.5 Å². The number of hydrogen-bond acceptors (Lipinski definition) is 3. The van der Waals surface area contributed by atoms with E-state index in [4.69, 9.17) is 4.74 Å². The summed E-state index contributed by atoms with van der Waals surface area (Å²) in [6.45, 7) is 0. The van der Waals surface area contributed by atoms with Gasteiger partial charge in [-0.1, -0.05) is 146 Å². The summed E-state index contributed by atoms with van der Waals surface area (Å²) in [5.74, 6) is 1.66. The summed E-state index contributed by atoms with van der Waals surface area (Å²) < 4.78 is 8.92. The van der Waals surface area contributed by atoms with E-state index in [-0.39, 0.29) is 0 Å². The van der Waals surface area contributed by atoms with E-state index < -0.39 is 0 Å². The zero-order valence-electron chi connectivity index (χ0n) is 34.9. The van der Waals surface area contributed by atoms with E-state index in [1.54, 1.807) is 0 Å². The van der Waals surface area contributed by atoms with Gasteiger partial charge in [-0.05, 0) is 137 Å². The minimum absolute atomic E-state index is 0.824. The van der Waals surface area contributed by atoms with E-state index in [1.807, 2.05) is 18.2 Å². The molecule has 11 aromatic rings. The Kier molecular flexibility index (Phi) is 9.12. The van der Waals surface area contributed by atoms with Gasteiger partial charge in [0.25, 0.3) is 0 Å². The number of ether oxygens (including phenoxy) is 1. The minimum Gasteiger partial charge on any atom is -0.453 e. The van der Waals surface area contributed by atoms with Crippen molar-refractivity contribution >= 4 is 55.9 Å². The molecular formula is C60H41N3O. The average molecular weight is 820 g/mol. The van der Waals surface area contributed by atoms with Crippen LogP contribution in [0.3, 0.4) is 0 Å². The number of para-hydroxylation sites is 5. The van der Waals surface area contributed by atoms with Crippen molar-refractivity contribution in [2.75, 3.05) is 9.80 Å². The molecule has 0 saturated carbocycles. The number of aromatic nitrogens is 1. The molecule has 1 aliphatic rings. The van der Waals surface area contributed by atoms with Crippen molar-refractivity contribution in [2.24, 2.45) is 0 Å². The quantitative estimate of drug-likeness (QED) is 0.152. The molecule has 0 unspecified atom stereocenters. The van der Waals surface area contributed by atoms with E-state index >= 15 is 0 Å². The molecule has 4 nitrogen and oxygen atoms in total. The Hall–Kier alpha value is -8.60. The SMILES string of the molecule is c1ccc(-c2ccc(N(c3ccc(-c4ccc5c(c4)Oc4ccccc4N5c4ccccc4)cc3)c3ccc(-c4ccc5c(c4)c4ccccc4n5-c4ccccc4)cc3)cc2)cc1. The van der Waals surface area contributed by atoms with Crippen molar-refractivity contribution in [1.82, 2.24) is 4.57 Å². The van der Waals surface area contributed by atoms with Crippen molar-refractivity contribution in [3.05, 3.63) is 249 Å². The number of benzene rings is 10. The maximum absolute atomic E-state index is 6.56. The second-order valence-electron chi connectivity index (χ2n) is 16.2. The van der Waals surface area contributed by atoms with Crippen LogP contribution in [-0.4, -0.2) is 4.57 Å². The van der Waals surface area contributed by atoms with E-state index in [0.29, 0.717) is 0 Å². The second kappa shape index (κ2) is 15.7. The molecule has 10 aromatic carbocycles. The van der Waals surface area contributed by atoms with Crippen LogP contribution in [0.25, 0.3) is 60.9 Å². The lowest BCUT2D eigenvalue weighted by Crippen LogP contribution is -2.15. The highest BCUT2D eigenvalue weighted by molar-refractivity contribution is 6.10. The fourth-order valence-corrected chi connectivity index (χ4v) is 9.29. The van der Waals surface area contributed by atoms with Crippen molar-refractivity contribution < 1.29 is 4.74 Å². The van der Waals surface area contributed by atoms with E-state index in [2.05, 4.69) is 245 Å². The summed E-state index contributed by atoms with van der Waals surface area (Å²) in [4.78, 5) is 4.61. The number of rotatable bonds is 8. The molecule has 0 atom stereocenters. The molecule has 0 saturated heterocycles. The molecule has 0 radical (unpaired) electrons. The standard InChI is InChI=1S/C60H41N3O/c1-4-14-42(15-5-1)43-24-32-50(33-25-43)61(51-34-26-44(27-35-51)46-30-38-56-54(40-46)53-20-10-11-21-55(53)62(56)48-16-6-2-7-17-48)52-36-28-45(29-37-52)47-31-39-58-60(41-47)64-59-23-13-12-22-57(59)63(58)49-18-8-3-9-19-49/h1-41H. The Bertz CT molecular complexity index is 3440. The van der Waals surface area contributed by atoms with Gasteiger partial charge in [-0.25, -0.2) is 0 Å². The summed E-state index contributed by atoms with van der Waals surface area (Å²) in [5.41, 5.74) is 16.8. The second-order valence-corrected chi connectivity index (χ2v) is 16.2. The first kappa shape index (κ1) is 37.2. The summed E-state index contributed by atoms with van der Waals surface area (Å²) >= 11 is 0. The molecule has 1 aromatic heterocycles. The zero-order valence-corrected chi connectivity index (χ0v) is 34.9. The smallest absolute Gasteiger partial charge is 0.152 e. The molecule has 0 bridgehead atoms. The van der Waals surface area contributed by atoms with Crippen LogP contribution in [0.2, 0.25) is 0 Å². The molecule has 0 fully saturated rings. The van der Waals surface area contributed by atoms with Crippen molar-refractivity contribution in [3.8, 4) is 50.6 Å². The highest BCUT2D eigenvalue weighted by Gasteiger charge is 2.26. The molecule has 4 heteroatoms. The highest BCUT2D eigenvalue weighted by Crippen LogP contribution is 2.51. The normalized spacial score (nSPS) is 11.8. The van der Waals surface area contributed by atoms with Crippen LogP contribution in [0.4, 0.5) is 34.1 Å². The largest absolute Gasteiger partial charge is 0.453 e. The van der Waals surface area contributed by atoms with Gasteiger partial charge in [0, 0.05) is 39.2 Å². The van der Waals surface area contributed by atoms with Gasteiger partial charge in [0.1, 0.15) is 0 Å². The molecule has 2 heterocycles. The van der Waals surface area contributed by atoms with Crippen molar-refractivity contribution in [3.63, 3.8) is 0 Å². The molecule has 12 rings (SSSR count). The lowest BCUT2D eigenvalue weighted by atomic mass is 10.0. The van der Waals surface area contributed by atoms with Gasteiger partial charge in [0.15, 0.2) is 11.5 Å². The maximum Gasteiger partial charge on any atom is 0.152 e. The lowest BCUT2D eigenvalue weighted by molar-refractivity contribution is 0.477. The third-order valence-electron chi connectivity index (χ3n) is 12.4. The number of anilines is 6.